The molecule has 0 aliphatic carbocycles. The topological polar surface area (TPSA) is 80.5 Å². The van der Waals surface area contributed by atoms with Gasteiger partial charge in [-0.05, 0) is 26.7 Å². The first-order valence-electron chi connectivity index (χ1n) is 6.42. The maximum atomic E-state index is 12.5. The van der Waals surface area contributed by atoms with Gasteiger partial charge in [0.15, 0.2) is 9.84 Å². The van der Waals surface area contributed by atoms with Crippen molar-refractivity contribution in [1.29, 1.82) is 0 Å². The fourth-order valence-corrected chi connectivity index (χ4v) is 2.63. The Labute approximate surface area is 110 Å². The Morgan fingerprint density at radius 3 is 2.44 bits per heavy atom. The smallest absolute Gasteiger partial charge is 0.243 e. The number of likely N-dealkylation sites (tertiary alicyclic amines) is 1. The average molecular weight is 276 g/mol. The summed E-state index contributed by atoms with van der Waals surface area (Å²) in [6.07, 6.45) is 5.01. The lowest BCUT2D eigenvalue weighted by Crippen LogP contribution is -2.54. The van der Waals surface area contributed by atoms with Crippen molar-refractivity contribution in [2.75, 3.05) is 19.3 Å². The maximum absolute atomic E-state index is 12.5. The molecule has 1 aliphatic rings. The van der Waals surface area contributed by atoms with Crippen molar-refractivity contribution in [3.05, 3.63) is 0 Å². The molecule has 0 radical (unpaired) electrons. The summed E-state index contributed by atoms with van der Waals surface area (Å²) in [4.78, 5) is 14.2. The molecule has 1 amide bonds. The number of rotatable bonds is 3. The first-order chi connectivity index (χ1) is 8.21. The van der Waals surface area contributed by atoms with Gasteiger partial charge in [-0.25, -0.2) is 8.42 Å². The van der Waals surface area contributed by atoms with E-state index in [1.165, 1.54) is 13.8 Å². The Morgan fingerprint density at radius 2 is 1.94 bits per heavy atom. The van der Waals surface area contributed by atoms with E-state index in [1.807, 2.05) is 0 Å². The van der Waals surface area contributed by atoms with E-state index in [0.717, 1.165) is 31.9 Å². The summed E-state index contributed by atoms with van der Waals surface area (Å²) >= 11 is 0. The standard InChI is InChI=1S/C12H24N2O3S/c1-12(2,18(3,16)17)11(15)14-8-6-4-5-7-10(14)9-13/h10H,4-9,13H2,1-3H3. The van der Waals surface area contributed by atoms with Crippen molar-refractivity contribution >= 4 is 15.7 Å². The van der Waals surface area contributed by atoms with Crippen LogP contribution in [0.2, 0.25) is 0 Å². The van der Waals surface area contributed by atoms with E-state index in [2.05, 4.69) is 0 Å². The van der Waals surface area contributed by atoms with E-state index in [0.29, 0.717) is 13.1 Å². The van der Waals surface area contributed by atoms with Gasteiger partial charge in [-0.2, -0.15) is 0 Å². The second-order valence-electron chi connectivity index (χ2n) is 5.52. The normalized spacial score (nSPS) is 22.7. The molecule has 1 heterocycles. The third-order valence-corrected chi connectivity index (χ3v) is 5.88. The number of sulfone groups is 1. The Bertz CT molecular complexity index is 404. The van der Waals surface area contributed by atoms with Crippen molar-refractivity contribution in [3.8, 4) is 0 Å². The minimum absolute atomic E-state index is 0.0268. The molecule has 18 heavy (non-hydrogen) atoms. The van der Waals surface area contributed by atoms with Gasteiger partial charge in [-0.1, -0.05) is 12.8 Å². The van der Waals surface area contributed by atoms with Crippen LogP contribution in [0, 0.1) is 0 Å². The second kappa shape index (κ2) is 5.57. The molecule has 5 nitrogen and oxygen atoms in total. The summed E-state index contributed by atoms with van der Waals surface area (Å²) in [5.41, 5.74) is 5.71. The van der Waals surface area contributed by atoms with Crippen LogP contribution in [0.4, 0.5) is 0 Å². The third kappa shape index (κ3) is 3.03. The van der Waals surface area contributed by atoms with Crippen LogP contribution in [0.3, 0.4) is 0 Å². The van der Waals surface area contributed by atoms with Gasteiger partial charge in [0, 0.05) is 25.4 Å². The van der Waals surface area contributed by atoms with E-state index in [4.69, 9.17) is 5.73 Å². The Morgan fingerprint density at radius 1 is 1.33 bits per heavy atom. The molecule has 0 aromatic carbocycles. The van der Waals surface area contributed by atoms with Crippen LogP contribution in [-0.4, -0.2) is 49.4 Å². The molecule has 1 unspecified atom stereocenters. The monoisotopic (exact) mass is 276 g/mol. The van der Waals surface area contributed by atoms with Crippen molar-refractivity contribution in [2.24, 2.45) is 5.73 Å². The predicted molar refractivity (Wildman–Crippen MR) is 71.9 cm³/mol. The highest BCUT2D eigenvalue weighted by atomic mass is 32.2. The molecule has 6 heteroatoms. The molecule has 0 aromatic rings. The zero-order valence-corrected chi connectivity index (χ0v) is 12.3. The number of carbonyl (C=O) groups is 1. The summed E-state index contributed by atoms with van der Waals surface area (Å²) in [5, 5.41) is 0. The number of nitrogens with two attached hydrogens (primary N) is 1. The minimum Gasteiger partial charge on any atom is -0.337 e. The summed E-state index contributed by atoms with van der Waals surface area (Å²) in [6.45, 7) is 3.96. The van der Waals surface area contributed by atoms with Gasteiger partial charge in [0.25, 0.3) is 0 Å². The van der Waals surface area contributed by atoms with E-state index in [-0.39, 0.29) is 11.9 Å². The summed E-state index contributed by atoms with van der Waals surface area (Å²) in [7, 11) is -3.43. The predicted octanol–water partition coefficient (Wildman–Crippen LogP) is 0.540. The van der Waals surface area contributed by atoms with Crippen molar-refractivity contribution in [2.45, 2.75) is 50.3 Å². The average Bonchev–Trinajstić information content (AvgIpc) is 2.50. The minimum atomic E-state index is -3.43. The molecule has 1 saturated heterocycles. The summed E-state index contributed by atoms with van der Waals surface area (Å²) in [6, 6.07) is -0.0268. The first kappa shape index (κ1) is 15.4. The van der Waals surface area contributed by atoms with Crippen molar-refractivity contribution in [1.82, 2.24) is 4.90 Å². The zero-order chi connectivity index (χ0) is 14.0. The van der Waals surface area contributed by atoms with Crippen LogP contribution in [-0.2, 0) is 14.6 Å². The summed E-state index contributed by atoms with van der Waals surface area (Å²) < 4.78 is 22.1. The maximum Gasteiger partial charge on any atom is 0.243 e. The lowest BCUT2D eigenvalue weighted by molar-refractivity contribution is -0.135. The fraction of sp³-hybridized carbons (Fsp3) is 0.917. The van der Waals surface area contributed by atoms with Gasteiger partial charge in [0.05, 0.1) is 0 Å². The van der Waals surface area contributed by atoms with Crippen LogP contribution in [0.1, 0.15) is 39.5 Å². The molecule has 1 rings (SSSR count). The first-order valence-corrected chi connectivity index (χ1v) is 8.31. The largest absolute Gasteiger partial charge is 0.337 e. The Kier molecular flexibility index (Phi) is 4.78. The van der Waals surface area contributed by atoms with E-state index in [9.17, 15) is 13.2 Å². The van der Waals surface area contributed by atoms with Gasteiger partial charge in [-0.15, -0.1) is 0 Å². The van der Waals surface area contributed by atoms with Gasteiger partial charge in [0.1, 0.15) is 4.75 Å². The van der Waals surface area contributed by atoms with Crippen LogP contribution in [0.25, 0.3) is 0 Å². The van der Waals surface area contributed by atoms with Gasteiger partial charge in [-0.3, -0.25) is 4.79 Å². The van der Waals surface area contributed by atoms with Gasteiger partial charge < -0.3 is 10.6 Å². The van der Waals surface area contributed by atoms with Gasteiger partial charge in [0.2, 0.25) is 5.91 Å². The van der Waals surface area contributed by atoms with Crippen molar-refractivity contribution < 1.29 is 13.2 Å². The molecule has 0 spiro atoms. The van der Waals surface area contributed by atoms with E-state index < -0.39 is 14.6 Å². The molecule has 106 valence electrons. The molecule has 0 aromatic heterocycles. The SMILES string of the molecule is CC(C)(C(=O)N1CCCCCC1CN)S(C)(=O)=O. The molecular formula is C12H24N2O3S. The Hall–Kier alpha value is -0.620. The van der Waals surface area contributed by atoms with Crippen LogP contribution in [0.15, 0.2) is 0 Å². The third-order valence-electron chi connectivity index (χ3n) is 3.85. The molecule has 2 N–H and O–H groups in total. The molecule has 1 aliphatic heterocycles. The molecule has 0 saturated carbocycles. The lowest BCUT2D eigenvalue weighted by atomic mass is 10.1. The van der Waals surface area contributed by atoms with Crippen LogP contribution in [0.5, 0.6) is 0 Å². The number of hydrogen-bond donors (Lipinski definition) is 1. The molecule has 1 fully saturated rings. The van der Waals surface area contributed by atoms with E-state index in [1.54, 1.807) is 4.90 Å². The molecular weight excluding hydrogens is 252 g/mol. The highest BCUT2D eigenvalue weighted by Gasteiger charge is 2.43. The van der Waals surface area contributed by atoms with Crippen molar-refractivity contribution in [3.63, 3.8) is 0 Å². The lowest BCUT2D eigenvalue weighted by Gasteiger charge is -2.35. The number of carbonyl (C=O) groups excluding carboxylic acids is 1. The number of amides is 1. The quantitative estimate of drug-likeness (QED) is 0.816. The highest BCUT2D eigenvalue weighted by Crippen LogP contribution is 2.24. The fourth-order valence-electron chi connectivity index (χ4n) is 2.19. The zero-order valence-electron chi connectivity index (χ0n) is 11.5. The highest BCUT2D eigenvalue weighted by molar-refractivity contribution is 7.92. The molecule has 1 atom stereocenters. The second-order valence-corrected chi connectivity index (χ2v) is 8.08. The molecule has 0 bridgehead atoms. The number of hydrogen-bond acceptors (Lipinski definition) is 4. The number of nitrogens with zero attached hydrogens (tertiary/aromatic N) is 1. The van der Waals surface area contributed by atoms with E-state index >= 15 is 0 Å². The van der Waals surface area contributed by atoms with Crippen LogP contribution >= 0.6 is 0 Å². The Balaban J connectivity index is 2.99. The summed E-state index contributed by atoms with van der Waals surface area (Å²) in [5.74, 6) is -0.317. The van der Waals surface area contributed by atoms with Gasteiger partial charge >= 0.3 is 0 Å². The van der Waals surface area contributed by atoms with Crippen LogP contribution < -0.4 is 5.73 Å².